The van der Waals surface area contributed by atoms with Crippen LogP contribution in [0.25, 0.3) is 0 Å². The van der Waals surface area contributed by atoms with Crippen LogP contribution in [0.2, 0.25) is 0 Å². The summed E-state index contributed by atoms with van der Waals surface area (Å²) in [5.74, 6) is -1.31. The third-order valence-corrected chi connectivity index (χ3v) is 3.57. The van der Waals surface area contributed by atoms with E-state index in [-0.39, 0.29) is 18.7 Å². The highest BCUT2D eigenvalue weighted by Gasteiger charge is 2.63. The molecule has 5 heteroatoms. The highest BCUT2D eigenvalue weighted by Crippen LogP contribution is 2.48. The van der Waals surface area contributed by atoms with Crippen LogP contribution in [0, 0.1) is 0 Å². The molecule has 3 heterocycles. The molecule has 5 nitrogen and oxygen atoms in total. The van der Waals surface area contributed by atoms with Gasteiger partial charge in [-0.2, -0.15) is 0 Å². The average molecular weight is 240 g/mol. The monoisotopic (exact) mass is 240 g/mol. The van der Waals surface area contributed by atoms with Gasteiger partial charge in [0.05, 0.1) is 12.7 Å². The molecule has 0 N–H and O–H groups in total. The van der Waals surface area contributed by atoms with Crippen LogP contribution in [0.4, 0.5) is 0 Å². The Labute approximate surface area is 99.7 Å². The fourth-order valence-electron chi connectivity index (χ4n) is 2.72. The maximum Gasteiger partial charge on any atom is 0.334 e. The van der Waals surface area contributed by atoms with Crippen LogP contribution >= 0.6 is 0 Å². The van der Waals surface area contributed by atoms with Gasteiger partial charge in [-0.3, -0.25) is 0 Å². The Kier molecular flexibility index (Phi) is 2.50. The molecule has 0 amide bonds. The highest BCUT2D eigenvalue weighted by molar-refractivity contribution is 5.73. The van der Waals surface area contributed by atoms with Crippen LogP contribution in [0.15, 0.2) is 12.2 Å². The fraction of sp³-hybridized carbons (Fsp3) is 0.750. The number of carbonyl (C=O) groups excluding carboxylic acids is 1. The lowest BCUT2D eigenvalue weighted by Crippen LogP contribution is -2.60. The first-order valence-corrected chi connectivity index (χ1v) is 6.00. The van der Waals surface area contributed by atoms with Gasteiger partial charge in [0.15, 0.2) is 5.60 Å². The molecule has 0 aromatic carbocycles. The van der Waals surface area contributed by atoms with E-state index >= 15 is 0 Å². The first kappa shape index (κ1) is 11.2. The molecule has 3 atom stereocenters. The summed E-state index contributed by atoms with van der Waals surface area (Å²) < 4.78 is 22.4. The Morgan fingerprint density at radius 3 is 3.18 bits per heavy atom. The summed E-state index contributed by atoms with van der Waals surface area (Å²) in [4.78, 5) is 11.3. The van der Waals surface area contributed by atoms with Crippen molar-refractivity contribution in [1.29, 1.82) is 0 Å². The van der Waals surface area contributed by atoms with E-state index in [0.29, 0.717) is 19.6 Å². The Hall–Kier alpha value is -0.910. The van der Waals surface area contributed by atoms with E-state index in [1.807, 2.05) is 19.1 Å². The second kappa shape index (κ2) is 3.80. The molecule has 2 bridgehead atoms. The molecule has 2 saturated heterocycles. The molecule has 3 aliphatic heterocycles. The van der Waals surface area contributed by atoms with E-state index in [1.54, 1.807) is 0 Å². The van der Waals surface area contributed by atoms with Crippen molar-refractivity contribution >= 4 is 5.97 Å². The van der Waals surface area contributed by atoms with Gasteiger partial charge in [0, 0.05) is 13.0 Å². The predicted molar refractivity (Wildman–Crippen MR) is 57.2 cm³/mol. The summed E-state index contributed by atoms with van der Waals surface area (Å²) in [5.41, 5.74) is -0.766. The van der Waals surface area contributed by atoms with Gasteiger partial charge in [0.1, 0.15) is 6.61 Å². The highest BCUT2D eigenvalue weighted by atomic mass is 16.8. The Morgan fingerprint density at radius 2 is 2.47 bits per heavy atom. The van der Waals surface area contributed by atoms with Crippen molar-refractivity contribution in [3.05, 3.63) is 12.2 Å². The largest absolute Gasteiger partial charge is 0.428 e. The van der Waals surface area contributed by atoms with E-state index in [1.165, 1.54) is 0 Å². The molecule has 0 radical (unpaired) electrons. The molecule has 3 aliphatic rings. The van der Waals surface area contributed by atoms with Gasteiger partial charge >= 0.3 is 5.97 Å². The van der Waals surface area contributed by atoms with E-state index < -0.39 is 11.4 Å². The standard InChI is InChI=1S/C12H16O5/c1-2-14-8-11-5-3-9(16-11)4-6-12(11)15-7-10(13)17-12/h3,5,9H,2,4,6-8H2,1H3. The molecule has 94 valence electrons. The van der Waals surface area contributed by atoms with E-state index in [4.69, 9.17) is 18.9 Å². The van der Waals surface area contributed by atoms with Crippen molar-refractivity contribution in [2.75, 3.05) is 19.8 Å². The molecule has 17 heavy (non-hydrogen) atoms. The number of ether oxygens (including phenoxy) is 4. The molecular weight excluding hydrogens is 224 g/mol. The van der Waals surface area contributed by atoms with Crippen molar-refractivity contribution < 1.29 is 23.7 Å². The topological polar surface area (TPSA) is 54.0 Å². The quantitative estimate of drug-likeness (QED) is 0.539. The predicted octanol–water partition coefficient (Wildman–Crippen LogP) is 0.780. The molecule has 1 spiro atoms. The van der Waals surface area contributed by atoms with Crippen LogP contribution in [0.1, 0.15) is 19.8 Å². The second-order valence-electron chi connectivity index (χ2n) is 4.60. The lowest BCUT2D eigenvalue weighted by atomic mass is 9.89. The van der Waals surface area contributed by atoms with Crippen molar-refractivity contribution in [3.63, 3.8) is 0 Å². The third kappa shape index (κ3) is 1.53. The van der Waals surface area contributed by atoms with Crippen molar-refractivity contribution in [2.45, 2.75) is 37.3 Å². The number of esters is 1. The van der Waals surface area contributed by atoms with Crippen LogP contribution in [-0.4, -0.2) is 43.3 Å². The lowest BCUT2D eigenvalue weighted by Gasteiger charge is -2.45. The van der Waals surface area contributed by atoms with Crippen molar-refractivity contribution in [1.82, 2.24) is 0 Å². The van der Waals surface area contributed by atoms with Crippen LogP contribution in [0.3, 0.4) is 0 Å². The molecule has 3 unspecified atom stereocenters. The Morgan fingerprint density at radius 1 is 1.59 bits per heavy atom. The number of fused-ring (bicyclic) bond motifs is 3. The zero-order valence-corrected chi connectivity index (χ0v) is 9.81. The summed E-state index contributed by atoms with van der Waals surface area (Å²) in [6.07, 6.45) is 5.48. The molecule has 3 rings (SSSR count). The van der Waals surface area contributed by atoms with Crippen molar-refractivity contribution in [2.24, 2.45) is 0 Å². The maximum atomic E-state index is 11.3. The van der Waals surface area contributed by atoms with Gasteiger partial charge in [0.25, 0.3) is 0 Å². The Bertz CT molecular complexity index is 366. The first-order chi connectivity index (χ1) is 8.20. The zero-order valence-electron chi connectivity index (χ0n) is 9.81. The van der Waals surface area contributed by atoms with Gasteiger partial charge in [-0.1, -0.05) is 6.08 Å². The fourth-order valence-corrected chi connectivity index (χ4v) is 2.72. The van der Waals surface area contributed by atoms with Crippen LogP contribution < -0.4 is 0 Å². The Balaban J connectivity index is 1.90. The minimum Gasteiger partial charge on any atom is -0.428 e. The summed E-state index contributed by atoms with van der Waals surface area (Å²) in [6.45, 7) is 2.86. The molecule has 0 aromatic rings. The van der Waals surface area contributed by atoms with Crippen LogP contribution in [-0.2, 0) is 23.7 Å². The summed E-state index contributed by atoms with van der Waals surface area (Å²) in [7, 11) is 0. The second-order valence-corrected chi connectivity index (χ2v) is 4.60. The number of carbonyl (C=O) groups is 1. The minimum absolute atomic E-state index is 0.00422. The van der Waals surface area contributed by atoms with Gasteiger partial charge in [-0.25, -0.2) is 4.79 Å². The van der Waals surface area contributed by atoms with Crippen LogP contribution in [0.5, 0.6) is 0 Å². The molecule has 2 fully saturated rings. The van der Waals surface area contributed by atoms with E-state index in [9.17, 15) is 4.79 Å². The molecule has 0 aliphatic carbocycles. The van der Waals surface area contributed by atoms with E-state index in [2.05, 4.69) is 0 Å². The summed E-state index contributed by atoms with van der Waals surface area (Å²) in [6, 6.07) is 0. The normalized spacial score (nSPS) is 43.4. The lowest BCUT2D eigenvalue weighted by molar-refractivity contribution is -0.300. The van der Waals surface area contributed by atoms with Crippen molar-refractivity contribution in [3.8, 4) is 0 Å². The third-order valence-electron chi connectivity index (χ3n) is 3.57. The maximum absolute atomic E-state index is 11.3. The minimum atomic E-state index is -0.983. The smallest absolute Gasteiger partial charge is 0.334 e. The molecule has 0 saturated carbocycles. The summed E-state index contributed by atoms with van der Waals surface area (Å²) >= 11 is 0. The average Bonchev–Trinajstić information content (AvgIpc) is 2.87. The first-order valence-electron chi connectivity index (χ1n) is 6.00. The molecule has 0 aromatic heterocycles. The number of hydrogen-bond donors (Lipinski definition) is 0. The van der Waals surface area contributed by atoms with Gasteiger partial charge in [-0.15, -0.1) is 0 Å². The summed E-state index contributed by atoms with van der Waals surface area (Å²) in [5, 5.41) is 0. The zero-order chi connectivity index (χ0) is 11.9. The van der Waals surface area contributed by atoms with Gasteiger partial charge in [0.2, 0.25) is 5.79 Å². The number of hydrogen-bond acceptors (Lipinski definition) is 5. The van der Waals surface area contributed by atoms with E-state index in [0.717, 1.165) is 6.42 Å². The SMILES string of the molecule is CCOCC12C=CC(CCC13OCC(=O)O3)O2. The molecular formula is C12H16O5. The van der Waals surface area contributed by atoms with Gasteiger partial charge in [-0.05, 0) is 19.4 Å². The number of rotatable bonds is 3. The van der Waals surface area contributed by atoms with Gasteiger partial charge < -0.3 is 18.9 Å².